The minimum Gasteiger partial charge on any atom is -0.455 e. The molecular weight excluding hydrogens is 835 g/mol. The summed E-state index contributed by atoms with van der Waals surface area (Å²) in [5.41, 5.74) is 21.3. The maximum Gasteiger partial charge on any atom is 0.143 e. The molecule has 11 aromatic carbocycles. The first-order valence-corrected chi connectivity index (χ1v) is 23.7. The maximum absolute atomic E-state index is 6.80. The zero-order valence-corrected chi connectivity index (χ0v) is 37.8. The van der Waals surface area contributed by atoms with Crippen LogP contribution in [0.2, 0.25) is 0 Å². The van der Waals surface area contributed by atoms with Gasteiger partial charge in [0.25, 0.3) is 0 Å². The van der Waals surface area contributed by atoms with Crippen molar-refractivity contribution in [3.63, 3.8) is 0 Å². The van der Waals surface area contributed by atoms with E-state index in [0.29, 0.717) is 0 Å². The second-order valence-corrected chi connectivity index (χ2v) is 18.0. The quantitative estimate of drug-likeness (QED) is 0.144. The number of nitrogens with zero attached hydrogens (tertiary/aromatic N) is 1. The molecule has 2 nitrogen and oxygen atoms in total. The van der Waals surface area contributed by atoms with Crippen molar-refractivity contribution in [2.24, 2.45) is 0 Å². The summed E-state index contributed by atoms with van der Waals surface area (Å²) in [6.07, 6.45) is 0. The third kappa shape index (κ3) is 6.80. The third-order valence-corrected chi connectivity index (χ3v) is 14.2. The van der Waals surface area contributed by atoms with E-state index in [1.165, 1.54) is 66.8 Å². The average Bonchev–Trinajstić information content (AvgIpc) is 3.97. The van der Waals surface area contributed by atoms with Crippen LogP contribution in [-0.4, -0.2) is 0 Å². The smallest absolute Gasteiger partial charge is 0.143 e. The number of para-hydroxylation sites is 1. The second kappa shape index (κ2) is 16.7. The molecule has 324 valence electrons. The molecule has 13 rings (SSSR count). The van der Waals surface area contributed by atoms with Gasteiger partial charge in [0.1, 0.15) is 11.2 Å². The number of hydrogen-bond acceptors (Lipinski definition) is 2. The fraction of sp³-hybridized carbons (Fsp3) is 0.0149. The molecule has 1 atom stereocenters. The van der Waals surface area contributed by atoms with Crippen molar-refractivity contribution in [2.45, 2.75) is 5.41 Å². The fourth-order valence-electron chi connectivity index (χ4n) is 10.9. The van der Waals surface area contributed by atoms with E-state index in [4.69, 9.17) is 4.42 Å². The van der Waals surface area contributed by atoms with Gasteiger partial charge in [0.05, 0.1) is 5.41 Å². The molecule has 1 aliphatic carbocycles. The lowest BCUT2D eigenvalue weighted by Gasteiger charge is -2.34. The number of furan rings is 1. The minimum absolute atomic E-state index is 0.594. The summed E-state index contributed by atoms with van der Waals surface area (Å²) < 4.78 is 6.80. The lowest BCUT2D eigenvalue weighted by Crippen LogP contribution is -2.28. The van der Waals surface area contributed by atoms with Crippen molar-refractivity contribution in [2.75, 3.05) is 4.90 Å². The van der Waals surface area contributed by atoms with E-state index < -0.39 is 5.41 Å². The molecule has 0 aliphatic heterocycles. The molecule has 0 saturated heterocycles. The van der Waals surface area contributed by atoms with Crippen LogP contribution in [0.4, 0.5) is 17.1 Å². The predicted octanol–water partition coefficient (Wildman–Crippen LogP) is 18.1. The highest BCUT2D eigenvalue weighted by molar-refractivity contribution is 6.12. The van der Waals surface area contributed by atoms with Crippen LogP contribution in [0.15, 0.2) is 277 Å². The fourth-order valence-corrected chi connectivity index (χ4v) is 10.9. The van der Waals surface area contributed by atoms with Crippen molar-refractivity contribution < 1.29 is 4.42 Å². The molecule has 12 aromatic rings. The van der Waals surface area contributed by atoms with Crippen molar-refractivity contribution in [3.8, 4) is 55.6 Å². The molecule has 0 bridgehead atoms. The van der Waals surface area contributed by atoms with Crippen LogP contribution >= 0.6 is 0 Å². The first-order valence-electron chi connectivity index (χ1n) is 23.7. The van der Waals surface area contributed by atoms with Gasteiger partial charge in [-0.25, -0.2) is 0 Å². The monoisotopic (exact) mass is 879 g/mol. The Morgan fingerprint density at radius 3 is 1.12 bits per heavy atom. The average molecular weight is 880 g/mol. The van der Waals surface area contributed by atoms with Crippen LogP contribution in [-0.2, 0) is 5.41 Å². The van der Waals surface area contributed by atoms with E-state index in [0.717, 1.165) is 50.1 Å². The highest BCUT2D eigenvalue weighted by atomic mass is 16.3. The van der Waals surface area contributed by atoms with E-state index in [9.17, 15) is 0 Å². The van der Waals surface area contributed by atoms with Gasteiger partial charge in [0, 0.05) is 33.4 Å². The zero-order valence-electron chi connectivity index (χ0n) is 37.8. The van der Waals surface area contributed by atoms with Gasteiger partial charge >= 0.3 is 0 Å². The second-order valence-electron chi connectivity index (χ2n) is 18.0. The summed E-state index contributed by atoms with van der Waals surface area (Å²) in [4.78, 5) is 2.34. The van der Waals surface area contributed by atoms with Gasteiger partial charge in [-0.15, -0.1) is 0 Å². The molecule has 0 fully saturated rings. The lowest BCUT2D eigenvalue weighted by atomic mass is 9.67. The van der Waals surface area contributed by atoms with Gasteiger partial charge in [-0.2, -0.15) is 0 Å². The van der Waals surface area contributed by atoms with Crippen molar-refractivity contribution in [3.05, 3.63) is 295 Å². The first kappa shape index (κ1) is 40.3. The highest BCUT2D eigenvalue weighted by Crippen LogP contribution is 2.58. The van der Waals surface area contributed by atoms with Crippen molar-refractivity contribution >= 4 is 39.0 Å². The number of hydrogen-bond donors (Lipinski definition) is 0. The van der Waals surface area contributed by atoms with Gasteiger partial charge in [-0.1, -0.05) is 231 Å². The topological polar surface area (TPSA) is 16.4 Å². The Hall–Kier alpha value is -8.98. The maximum atomic E-state index is 6.80. The summed E-state index contributed by atoms with van der Waals surface area (Å²) in [7, 11) is 0. The molecule has 1 aromatic heterocycles. The zero-order chi connectivity index (χ0) is 45.7. The van der Waals surface area contributed by atoms with Crippen LogP contribution in [0.25, 0.3) is 77.6 Å². The van der Waals surface area contributed by atoms with Crippen LogP contribution in [0.1, 0.15) is 22.3 Å². The summed E-state index contributed by atoms with van der Waals surface area (Å²) in [6.45, 7) is 0. The molecule has 0 radical (unpaired) electrons. The van der Waals surface area contributed by atoms with Crippen LogP contribution < -0.4 is 4.90 Å². The largest absolute Gasteiger partial charge is 0.455 e. The van der Waals surface area contributed by atoms with Gasteiger partial charge < -0.3 is 9.32 Å². The minimum atomic E-state index is -0.594. The Bertz CT molecular complexity index is 3680. The molecule has 0 amide bonds. The summed E-state index contributed by atoms with van der Waals surface area (Å²) in [6, 6.07) is 99.0. The standard InChI is InChI=1S/C67H45NO/c1-4-14-46(15-5-1)49-24-34-54(35-25-49)67(62-22-12-10-21-61(62)65-63(67)45-44-60-59-20-11-13-23-64(59)69-66(60)65)55-36-26-50(27-37-55)53-32-42-58(43-33-53)68(56-38-28-51(29-39-56)47-16-6-2-7-17-47)57-40-30-52(31-41-57)48-18-8-3-9-19-48/h1-45H. The van der Waals surface area contributed by atoms with Crippen LogP contribution in [0, 0.1) is 0 Å². The van der Waals surface area contributed by atoms with E-state index in [-0.39, 0.29) is 0 Å². The molecule has 69 heavy (non-hydrogen) atoms. The van der Waals surface area contributed by atoms with Gasteiger partial charge in [0.15, 0.2) is 0 Å². The number of benzene rings is 11. The Labute approximate surface area is 402 Å². The third-order valence-electron chi connectivity index (χ3n) is 14.2. The molecule has 1 heterocycles. The molecule has 0 N–H and O–H groups in total. The summed E-state index contributed by atoms with van der Waals surface area (Å²) in [5, 5.41) is 2.28. The van der Waals surface area contributed by atoms with Gasteiger partial charge in [-0.05, 0) is 115 Å². The normalized spacial score (nSPS) is 13.9. The Morgan fingerprint density at radius 2 is 0.652 bits per heavy atom. The molecule has 0 saturated carbocycles. The van der Waals surface area contributed by atoms with E-state index >= 15 is 0 Å². The van der Waals surface area contributed by atoms with Crippen molar-refractivity contribution in [1.82, 2.24) is 0 Å². The Morgan fingerprint density at radius 1 is 0.275 bits per heavy atom. The highest BCUT2D eigenvalue weighted by Gasteiger charge is 2.47. The SMILES string of the molecule is c1ccc(-c2ccc(N(c3ccc(-c4ccccc4)cc3)c3ccc(-c4ccc(C5(c6ccc(-c7ccccc7)cc6)c6ccccc6-c6c5ccc5c6oc6ccccc65)cc4)cc3)cc2)cc1. The molecule has 0 spiro atoms. The van der Waals surface area contributed by atoms with E-state index in [1.54, 1.807) is 0 Å². The lowest BCUT2D eigenvalue weighted by molar-refractivity contribution is 0.669. The number of anilines is 3. The Kier molecular flexibility index (Phi) is 9.77. The molecule has 1 aliphatic rings. The van der Waals surface area contributed by atoms with E-state index in [1.807, 2.05) is 0 Å². The van der Waals surface area contributed by atoms with Crippen molar-refractivity contribution in [1.29, 1.82) is 0 Å². The van der Waals surface area contributed by atoms with E-state index in [2.05, 4.69) is 278 Å². The predicted molar refractivity (Wildman–Crippen MR) is 287 cm³/mol. The van der Waals surface area contributed by atoms with Gasteiger partial charge in [-0.3, -0.25) is 0 Å². The Balaban J connectivity index is 0.904. The summed E-state index contributed by atoms with van der Waals surface area (Å²) >= 11 is 0. The number of rotatable bonds is 9. The molecule has 1 unspecified atom stereocenters. The summed E-state index contributed by atoms with van der Waals surface area (Å²) in [5.74, 6) is 0. The first-order chi connectivity index (χ1) is 34.2. The van der Waals surface area contributed by atoms with Gasteiger partial charge in [0.2, 0.25) is 0 Å². The molecular formula is C67H45NO. The van der Waals surface area contributed by atoms with Crippen LogP contribution in [0.5, 0.6) is 0 Å². The van der Waals surface area contributed by atoms with Crippen LogP contribution in [0.3, 0.4) is 0 Å². The number of fused-ring (bicyclic) bond motifs is 7. The molecule has 2 heteroatoms.